The fourth-order valence-corrected chi connectivity index (χ4v) is 2.85. The van der Waals surface area contributed by atoms with Gasteiger partial charge in [0, 0.05) is 26.1 Å². The molecule has 4 N–H and O–H groups in total. The Bertz CT molecular complexity index is 659. The van der Waals surface area contributed by atoms with Gasteiger partial charge in [0.25, 0.3) is 0 Å². The van der Waals surface area contributed by atoms with Crippen LogP contribution < -0.4 is 5.84 Å². The van der Waals surface area contributed by atoms with E-state index in [0.717, 1.165) is 51.6 Å². The highest BCUT2D eigenvalue weighted by Gasteiger charge is 2.24. The molecule has 2 aliphatic rings. The third kappa shape index (κ3) is 6.63. The van der Waals surface area contributed by atoms with Crippen LogP contribution >= 0.6 is 0 Å². The SMILES string of the molecule is Cc1ccc(C2CN(N)C(CCN3CCOCC3)=N2)cc1.O=C(O)C(=O)O. The lowest BCUT2D eigenvalue weighted by atomic mass is 10.1. The first kappa shape index (κ1) is 20.8. The first-order valence-electron chi connectivity index (χ1n) is 8.78. The van der Waals surface area contributed by atoms with Gasteiger partial charge in [-0.15, -0.1) is 0 Å². The molecule has 0 saturated carbocycles. The second-order valence-electron chi connectivity index (χ2n) is 6.44. The summed E-state index contributed by atoms with van der Waals surface area (Å²) in [4.78, 5) is 25.4. The average molecular weight is 378 g/mol. The normalized spacial score (nSPS) is 19.9. The van der Waals surface area contributed by atoms with Crippen LogP contribution in [0.5, 0.6) is 0 Å². The van der Waals surface area contributed by atoms with Gasteiger partial charge in [0.05, 0.1) is 25.8 Å². The predicted molar refractivity (Wildman–Crippen MR) is 99.4 cm³/mol. The minimum Gasteiger partial charge on any atom is -0.473 e. The Balaban J connectivity index is 0.000000380. The molecule has 0 bridgehead atoms. The van der Waals surface area contributed by atoms with Gasteiger partial charge >= 0.3 is 11.9 Å². The number of nitrogens with two attached hydrogens (primary N) is 1. The number of rotatable bonds is 4. The number of carboxylic acids is 2. The van der Waals surface area contributed by atoms with Crippen molar-refractivity contribution in [1.82, 2.24) is 9.91 Å². The van der Waals surface area contributed by atoms with Crippen LogP contribution in [0, 0.1) is 6.92 Å². The monoisotopic (exact) mass is 378 g/mol. The number of carboxylic acid groups (broad SMARTS) is 2. The highest BCUT2D eigenvalue weighted by atomic mass is 16.5. The molecule has 0 radical (unpaired) electrons. The standard InChI is InChI=1S/C16H24N4O.C2H2O4/c1-13-2-4-14(5-3-13)15-12-20(17)16(18-15)6-7-19-8-10-21-11-9-19;3-1(4)2(5)6/h2-5,15H,6-12,17H2,1H3;(H,3,4)(H,5,6). The highest BCUT2D eigenvalue weighted by Crippen LogP contribution is 2.24. The maximum atomic E-state index is 9.10. The molecule has 1 saturated heterocycles. The second-order valence-corrected chi connectivity index (χ2v) is 6.44. The molecule has 2 heterocycles. The van der Waals surface area contributed by atoms with Crippen molar-refractivity contribution in [2.75, 3.05) is 39.4 Å². The number of morpholine rings is 1. The van der Waals surface area contributed by atoms with Crippen LogP contribution in [-0.2, 0) is 14.3 Å². The van der Waals surface area contributed by atoms with E-state index < -0.39 is 11.9 Å². The summed E-state index contributed by atoms with van der Waals surface area (Å²) in [5, 5.41) is 16.6. The van der Waals surface area contributed by atoms with E-state index in [2.05, 4.69) is 36.1 Å². The number of aliphatic imine (C=N–C) groups is 1. The van der Waals surface area contributed by atoms with E-state index in [1.165, 1.54) is 11.1 Å². The summed E-state index contributed by atoms with van der Waals surface area (Å²) in [5.41, 5.74) is 2.52. The Morgan fingerprint density at radius 2 is 1.78 bits per heavy atom. The van der Waals surface area contributed by atoms with Crippen LogP contribution in [0.4, 0.5) is 0 Å². The summed E-state index contributed by atoms with van der Waals surface area (Å²) in [5.74, 6) is 3.48. The Kier molecular flexibility index (Phi) is 7.71. The zero-order valence-corrected chi connectivity index (χ0v) is 15.4. The smallest absolute Gasteiger partial charge is 0.414 e. The van der Waals surface area contributed by atoms with Gasteiger partial charge in [-0.25, -0.2) is 15.4 Å². The fourth-order valence-electron chi connectivity index (χ4n) is 2.85. The molecule has 1 unspecified atom stereocenters. The number of aliphatic carboxylic acids is 2. The van der Waals surface area contributed by atoms with Gasteiger partial charge in [-0.2, -0.15) is 0 Å². The van der Waals surface area contributed by atoms with E-state index >= 15 is 0 Å². The molecule has 3 rings (SSSR count). The van der Waals surface area contributed by atoms with E-state index in [0.29, 0.717) is 0 Å². The quantitative estimate of drug-likeness (QED) is 0.510. The molecule has 0 amide bonds. The third-order valence-electron chi connectivity index (χ3n) is 4.41. The molecule has 27 heavy (non-hydrogen) atoms. The number of hydrogen-bond donors (Lipinski definition) is 3. The Morgan fingerprint density at radius 1 is 1.19 bits per heavy atom. The van der Waals surface area contributed by atoms with Crippen molar-refractivity contribution in [2.24, 2.45) is 10.8 Å². The van der Waals surface area contributed by atoms with Crippen molar-refractivity contribution >= 4 is 17.8 Å². The van der Waals surface area contributed by atoms with Crippen molar-refractivity contribution in [2.45, 2.75) is 19.4 Å². The van der Waals surface area contributed by atoms with E-state index in [9.17, 15) is 0 Å². The van der Waals surface area contributed by atoms with Crippen molar-refractivity contribution < 1.29 is 24.5 Å². The summed E-state index contributed by atoms with van der Waals surface area (Å²) < 4.78 is 5.37. The summed E-state index contributed by atoms with van der Waals surface area (Å²) in [6.07, 6.45) is 0.916. The van der Waals surface area contributed by atoms with Crippen LogP contribution in [0.2, 0.25) is 0 Å². The van der Waals surface area contributed by atoms with Crippen molar-refractivity contribution in [3.05, 3.63) is 35.4 Å². The molecule has 0 spiro atoms. The van der Waals surface area contributed by atoms with Gasteiger partial charge in [-0.3, -0.25) is 14.9 Å². The predicted octanol–water partition coefficient (Wildman–Crippen LogP) is 0.502. The average Bonchev–Trinajstić information content (AvgIpc) is 3.02. The van der Waals surface area contributed by atoms with E-state index in [1.807, 2.05) is 5.01 Å². The molecule has 1 fully saturated rings. The summed E-state index contributed by atoms with van der Waals surface area (Å²) in [7, 11) is 0. The molecule has 1 atom stereocenters. The van der Waals surface area contributed by atoms with Crippen LogP contribution in [-0.4, -0.2) is 77.3 Å². The van der Waals surface area contributed by atoms with E-state index in [1.54, 1.807) is 0 Å². The number of aryl methyl sites for hydroxylation is 1. The van der Waals surface area contributed by atoms with Crippen LogP contribution in [0.25, 0.3) is 0 Å². The molecule has 2 aliphatic heterocycles. The molecule has 1 aromatic carbocycles. The molecule has 148 valence electrons. The van der Waals surface area contributed by atoms with E-state index in [4.69, 9.17) is 35.4 Å². The minimum atomic E-state index is -1.82. The molecule has 9 heteroatoms. The lowest BCUT2D eigenvalue weighted by Crippen LogP contribution is -2.40. The fraction of sp³-hybridized carbons (Fsp3) is 0.500. The van der Waals surface area contributed by atoms with Gasteiger partial charge in [-0.1, -0.05) is 29.8 Å². The number of ether oxygens (including phenoxy) is 1. The molecule has 1 aromatic rings. The largest absolute Gasteiger partial charge is 0.473 e. The van der Waals surface area contributed by atoms with E-state index in [-0.39, 0.29) is 6.04 Å². The molecule has 0 aromatic heterocycles. The highest BCUT2D eigenvalue weighted by molar-refractivity contribution is 6.27. The number of amidine groups is 1. The molecule has 0 aliphatic carbocycles. The molecular weight excluding hydrogens is 352 g/mol. The number of nitrogens with zero attached hydrogens (tertiary/aromatic N) is 3. The van der Waals surface area contributed by atoms with Crippen molar-refractivity contribution in [3.63, 3.8) is 0 Å². The van der Waals surface area contributed by atoms with Gasteiger partial charge < -0.3 is 14.9 Å². The lowest BCUT2D eigenvalue weighted by Gasteiger charge is -2.27. The van der Waals surface area contributed by atoms with Crippen molar-refractivity contribution in [1.29, 1.82) is 0 Å². The summed E-state index contributed by atoms with van der Waals surface area (Å²) in [6.45, 7) is 7.59. The number of carbonyl (C=O) groups is 2. The Labute approximate surface area is 158 Å². The molecular formula is C18H26N4O5. The zero-order chi connectivity index (χ0) is 19.8. The summed E-state index contributed by atoms with van der Waals surface area (Å²) >= 11 is 0. The van der Waals surface area contributed by atoms with Crippen molar-refractivity contribution in [3.8, 4) is 0 Å². The van der Waals surface area contributed by atoms with Gasteiger partial charge in [0.2, 0.25) is 0 Å². The molecule has 9 nitrogen and oxygen atoms in total. The number of hydrogen-bond acceptors (Lipinski definition) is 7. The second kappa shape index (κ2) is 10.0. The first-order valence-corrected chi connectivity index (χ1v) is 8.78. The van der Waals surface area contributed by atoms with Crippen LogP contribution in [0.3, 0.4) is 0 Å². The maximum absolute atomic E-state index is 9.10. The lowest BCUT2D eigenvalue weighted by molar-refractivity contribution is -0.159. The first-order chi connectivity index (χ1) is 12.9. The van der Waals surface area contributed by atoms with Crippen LogP contribution in [0.15, 0.2) is 29.3 Å². The minimum absolute atomic E-state index is 0.176. The maximum Gasteiger partial charge on any atom is 0.414 e. The van der Waals surface area contributed by atoms with Gasteiger partial charge in [0.15, 0.2) is 0 Å². The zero-order valence-electron chi connectivity index (χ0n) is 15.4. The Hall–Kier alpha value is -2.49. The number of hydrazine groups is 1. The summed E-state index contributed by atoms with van der Waals surface area (Å²) in [6, 6.07) is 8.76. The number of benzene rings is 1. The Morgan fingerprint density at radius 3 is 2.33 bits per heavy atom. The topological polar surface area (TPSA) is 129 Å². The van der Waals surface area contributed by atoms with Gasteiger partial charge in [-0.05, 0) is 12.5 Å². The van der Waals surface area contributed by atoms with Crippen LogP contribution in [0.1, 0.15) is 23.6 Å². The third-order valence-corrected chi connectivity index (χ3v) is 4.41. The van der Waals surface area contributed by atoms with Gasteiger partial charge in [0.1, 0.15) is 5.84 Å².